The summed E-state index contributed by atoms with van der Waals surface area (Å²) in [6.45, 7) is 1.97. The predicted octanol–water partition coefficient (Wildman–Crippen LogP) is 1.01. The fourth-order valence-corrected chi connectivity index (χ4v) is 1.38. The second-order valence-corrected chi connectivity index (χ2v) is 3.41. The Morgan fingerprint density at radius 3 is 2.94 bits per heavy atom. The van der Waals surface area contributed by atoms with Crippen LogP contribution in [0.2, 0.25) is 0 Å². The van der Waals surface area contributed by atoms with Crippen molar-refractivity contribution in [1.29, 1.82) is 0 Å². The zero-order valence-electron chi connectivity index (χ0n) is 9.88. The summed E-state index contributed by atoms with van der Waals surface area (Å²) >= 11 is 0. The average molecular weight is 237 g/mol. The van der Waals surface area contributed by atoms with Crippen molar-refractivity contribution in [3.05, 3.63) is 23.9 Å². The van der Waals surface area contributed by atoms with E-state index in [-0.39, 0.29) is 6.61 Å². The summed E-state index contributed by atoms with van der Waals surface area (Å²) in [6, 6.07) is 3.42. The first-order chi connectivity index (χ1) is 8.21. The normalized spacial score (nSPS) is 11.6. The van der Waals surface area contributed by atoms with Gasteiger partial charge in [-0.1, -0.05) is 0 Å². The van der Waals surface area contributed by atoms with Crippen molar-refractivity contribution in [3.8, 4) is 5.88 Å². The van der Waals surface area contributed by atoms with Gasteiger partial charge in [-0.3, -0.25) is 4.79 Å². The van der Waals surface area contributed by atoms with Crippen LogP contribution >= 0.6 is 0 Å². The fraction of sp³-hybridized carbons (Fsp3) is 0.417. The van der Waals surface area contributed by atoms with Crippen LogP contribution in [0.1, 0.15) is 12.5 Å². The summed E-state index contributed by atoms with van der Waals surface area (Å²) in [5.74, 6) is -0.823. The molecule has 0 spiro atoms. The van der Waals surface area contributed by atoms with Crippen molar-refractivity contribution in [2.45, 2.75) is 13.3 Å². The number of hydrogen-bond donors (Lipinski definition) is 0. The third-order valence-corrected chi connectivity index (χ3v) is 2.22. The molecule has 0 radical (unpaired) electrons. The van der Waals surface area contributed by atoms with Gasteiger partial charge in [-0.2, -0.15) is 0 Å². The molecule has 0 aliphatic rings. The molecule has 0 N–H and O–H groups in total. The maximum atomic E-state index is 11.4. The third-order valence-electron chi connectivity index (χ3n) is 2.22. The number of pyridine rings is 1. The van der Waals surface area contributed by atoms with Crippen LogP contribution in [-0.4, -0.2) is 31.0 Å². The van der Waals surface area contributed by atoms with E-state index in [0.29, 0.717) is 18.6 Å². The highest BCUT2D eigenvalue weighted by Crippen LogP contribution is 2.13. The van der Waals surface area contributed by atoms with Gasteiger partial charge in [-0.25, -0.2) is 4.98 Å². The lowest BCUT2D eigenvalue weighted by Gasteiger charge is -2.09. The van der Waals surface area contributed by atoms with Gasteiger partial charge in [0.1, 0.15) is 12.2 Å². The van der Waals surface area contributed by atoms with Gasteiger partial charge in [0.15, 0.2) is 0 Å². The van der Waals surface area contributed by atoms with Crippen molar-refractivity contribution in [2.24, 2.45) is 5.92 Å². The van der Waals surface area contributed by atoms with Gasteiger partial charge < -0.3 is 14.3 Å². The number of carbonyl (C=O) groups excluding carboxylic acids is 2. The van der Waals surface area contributed by atoms with E-state index in [1.807, 2.05) is 0 Å². The summed E-state index contributed by atoms with van der Waals surface area (Å²) in [7, 11) is 1.51. The molecule has 0 aromatic carbocycles. The highest BCUT2D eigenvalue weighted by atomic mass is 16.5. The van der Waals surface area contributed by atoms with E-state index < -0.39 is 11.9 Å². The Morgan fingerprint density at radius 2 is 2.35 bits per heavy atom. The van der Waals surface area contributed by atoms with E-state index in [9.17, 15) is 9.59 Å². The quantitative estimate of drug-likeness (QED) is 0.419. The molecule has 92 valence electrons. The van der Waals surface area contributed by atoms with Crippen molar-refractivity contribution in [3.63, 3.8) is 0 Å². The summed E-state index contributed by atoms with van der Waals surface area (Å²) in [5, 5.41) is 0. The zero-order valence-corrected chi connectivity index (χ0v) is 9.88. The summed E-state index contributed by atoms with van der Waals surface area (Å²) in [4.78, 5) is 26.2. The largest absolute Gasteiger partial charge is 0.481 e. The Kier molecular flexibility index (Phi) is 5.13. The van der Waals surface area contributed by atoms with Crippen molar-refractivity contribution in [1.82, 2.24) is 4.98 Å². The Morgan fingerprint density at radius 1 is 1.59 bits per heavy atom. The van der Waals surface area contributed by atoms with Crippen LogP contribution in [0, 0.1) is 5.92 Å². The molecule has 0 saturated carbocycles. The first-order valence-corrected chi connectivity index (χ1v) is 5.32. The van der Waals surface area contributed by atoms with Crippen LogP contribution in [0.25, 0.3) is 0 Å². The van der Waals surface area contributed by atoms with Gasteiger partial charge in [-0.15, -0.1) is 0 Å². The fourth-order valence-electron chi connectivity index (χ4n) is 1.38. The summed E-state index contributed by atoms with van der Waals surface area (Å²) in [6.07, 6.45) is 2.47. The Labute approximate surface area is 99.8 Å². The number of esters is 1. The third kappa shape index (κ3) is 3.86. The average Bonchev–Trinajstić information content (AvgIpc) is 2.36. The maximum absolute atomic E-state index is 11.4. The SMILES string of the molecule is CCOC(=O)C(C=O)Cc1ccnc(OC)c1. The van der Waals surface area contributed by atoms with Gasteiger partial charge in [-0.05, 0) is 25.0 Å². The second kappa shape index (κ2) is 6.62. The monoisotopic (exact) mass is 237 g/mol. The Hall–Kier alpha value is -1.91. The van der Waals surface area contributed by atoms with Gasteiger partial charge in [0, 0.05) is 12.3 Å². The van der Waals surface area contributed by atoms with Crippen LogP contribution in [0.15, 0.2) is 18.3 Å². The molecule has 0 aliphatic heterocycles. The molecule has 0 saturated heterocycles. The molecule has 1 heterocycles. The zero-order chi connectivity index (χ0) is 12.7. The smallest absolute Gasteiger partial charge is 0.316 e. The van der Waals surface area contributed by atoms with Crippen molar-refractivity contribution >= 4 is 12.3 Å². The maximum Gasteiger partial charge on any atom is 0.316 e. The molecule has 1 aromatic heterocycles. The lowest BCUT2D eigenvalue weighted by molar-refractivity contribution is -0.149. The highest BCUT2D eigenvalue weighted by Gasteiger charge is 2.19. The van der Waals surface area contributed by atoms with E-state index in [4.69, 9.17) is 9.47 Å². The van der Waals surface area contributed by atoms with Crippen molar-refractivity contribution < 1.29 is 19.1 Å². The topological polar surface area (TPSA) is 65.5 Å². The molecule has 5 nitrogen and oxygen atoms in total. The minimum absolute atomic E-state index is 0.267. The summed E-state index contributed by atoms with van der Waals surface area (Å²) in [5.41, 5.74) is 0.807. The molecule has 0 amide bonds. The number of aromatic nitrogens is 1. The van der Waals surface area contributed by atoms with Crippen LogP contribution < -0.4 is 4.74 Å². The number of ether oxygens (including phenoxy) is 2. The molecule has 17 heavy (non-hydrogen) atoms. The number of hydrogen-bond acceptors (Lipinski definition) is 5. The molecule has 0 aliphatic carbocycles. The first-order valence-electron chi connectivity index (χ1n) is 5.32. The number of carbonyl (C=O) groups is 2. The standard InChI is InChI=1S/C12H15NO4/c1-3-17-12(15)10(8-14)6-9-4-5-13-11(7-9)16-2/h4-5,7-8,10H,3,6H2,1-2H3. The van der Waals surface area contributed by atoms with Crippen LogP contribution in [0.5, 0.6) is 5.88 Å². The molecule has 0 fully saturated rings. The van der Waals surface area contributed by atoms with Crippen molar-refractivity contribution in [2.75, 3.05) is 13.7 Å². The highest BCUT2D eigenvalue weighted by molar-refractivity contribution is 5.88. The van der Waals surface area contributed by atoms with E-state index >= 15 is 0 Å². The van der Waals surface area contributed by atoms with Gasteiger partial charge >= 0.3 is 5.97 Å². The molecule has 1 rings (SSSR count). The lowest BCUT2D eigenvalue weighted by Crippen LogP contribution is -2.21. The molecule has 1 aromatic rings. The van der Waals surface area contributed by atoms with E-state index in [1.54, 1.807) is 25.3 Å². The molecule has 1 unspecified atom stereocenters. The molecule has 1 atom stereocenters. The van der Waals surface area contributed by atoms with Gasteiger partial charge in [0.25, 0.3) is 0 Å². The minimum atomic E-state index is -0.776. The second-order valence-electron chi connectivity index (χ2n) is 3.41. The molecular formula is C12H15NO4. The van der Waals surface area contributed by atoms with Crippen LogP contribution in [0.4, 0.5) is 0 Å². The number of methoxy groups -OCH3 is 1. The Bertz CT molecular complexity index is 392. The minimum Gasteiger partial charge on any atom is -0.481 e. The van der Waals surface area contributed by atoms with E-state index in [2.05, 4.69) is 4.98 Å². The lowest BCUT2D eigenvalue weighted by atomic mass is 10.0. The molecule has 0 bridgehead atoms. The number of rotatable bonds is 6. The van der Waals surface area contributed by atoms with Gasteiger partial charge in [0.2, 0.25) is 5.88 Å². The predicted molar refractivity (Wildman–Crippen MR) is 60.7 cm³/mol. The van der Waals surface area contributed by atoms with Gasteiger partial charge in [0.05, 0.1) is 13.7 Å². The number of aldehydes is 1. The molecular weight excluding hydrogens is 222 g/mol. The van der Waals surface area contributed by atoms with E-state index in [0.717, 1.165) is 5.56 Å². The molecule has 5 heteroatoms. The van der Waals surface area contributed by atoms with Crippen LogP contribution in [0.3, 0.4) is 0 Å². The summed E-state index contributed by atoms with van der Waals surface area (Å²) < 4.78 is 9.77. The Balaban J connectivity index is 2.73. The van der Waals surface area contributed by atoms with Crippen LogP contribution in [-0.2, 0) is 20.7 Å². The first kappa shape index (κ1) is 13.2. The van der Waals surface area contributed by atoms with E-state index in [1.165, 1.54) is 7.11 Å². The number of nitrogens with zero attached hydrogens (tertiary/aromatic N) is 1.